The van der Waals surface area contributed by atoms with E-state index in [4.69, 9.17) is 5.11 Å². The van der Waals surface area contributed by atoms with Crippen LogP contribution in [0.2, 0.25) is 0 Å². The number of aryl methyl sites for hydroxylation is 1. The summed E-state index contributed by atoms with van der Waals surface area (Å²) in [6.07, 6.45) is 2.24. The van der Waals surface area contributed by atoms with E-state index in [1.54, 1.807) is 0 Å². The van der Waals surface area contributed by atoms with Gasteiger partial charge in [-0.1, -0.05) is 29.8 Å². The molecule has 21 heavy (non-hydrogen) atoms. The monoisotopic (exact) mass is 311 g/mol. The van der Waals surface area contributed by atoms with Gasteiger partial charge in [-0.25, -0.2) is 13.1 Å². The Morgan fingerprint density at radius 2 is 1.76 bits per heavy atom. The van der Waals surface area contributed by atoms with E-state index in [2.05, 4.69) is 4.72 Å². The number of carboxylic acid groups (broad SMARTS) is 1. The largest absolute Gasteiger partial charge is 0.481 e. The lowest BCUT2D eigenvalue weighted by Gasteiger charge is -2.26. The second kappa shape index (κ2) is 6.58. The fraction of sp³-hybridized carbons (Fsp3) is 0.533. The number of carboxylic acids is 1. The summed E-state index contributed by atoms with van der Waals surface area (Å²) in [5.41, 5.74) is 1.85. The van der Waals surface area contributed by atoms with Crippen LogP contribution in [0, 0.1) is 12.8 Å². The molecule has 1 aromatic rings. The van der Waals surface area contributed by atoms with Crippen molar-refractivity contribution in [3.05, 3.63) is 35.4 Å². The molecule has 116 valence electrons. The molecule has 0 saturated heterocycles. The summed E-state index contributed by atoms with van der Waals surface area (Å²) in [5, 5.41) is 8.94. The summed E-state index contributed by atoms with van der Waals surface area (Å²) in [6.45, 7) is 1.96. The van der Waals surface area contributed by atoms with Crippen LogP contribution in [0.3, 0.4) is 0 Å². The smallest absolute Gasteiger partial charge is 0.306 e. The van der Waals surface area contributed by atoms with Gasteiger partial charge in [0.15, 0.2) is 0 Å². The number of nitrogens with one attached hydrogen (secondary N) is 1. The molecule has 0 aliphatic heterocycles. The van der Waals surface area contributed by atoms with Gasteiger partial charge in [0.05, 0.1) is 11.7 Å². The Balaban J connectivity index is 1.90. The van der Waals surface area contributed by atoms with E-state index in [9.17, 15) is 13.2 Å². The number of benzene rings is 1. The molecule has 5 nitrogen and oxygen atoms in total. The van der Waals surface area contributed by atoms with Gasteiger partial charge in [0.1, 0.15) is 0 Å². The Kier molecular flexibility index (Phi) is 5.00. The van der Waals surface area contributed by atoms with Crippen molar-refractivity contribution in [1.29, 1.82) is 0 Å². The Morgan fingerprint density at radius 1 is 1.19 bits per heavy atom. The lowest BCUT2D eigenvalue weighted by Crippen LogP contribution is -2.39. The number of aliphatic carboxylic acids is 1. The fourth-order valence-electron chi connectivity index (χ4n) is 2.66. The van der Waals surface area contributed by atoms with E-state index >= 15 is 0 Å². The maximum Gasteiger partial charge on any atom is 0.306 e. The SMILES string of the molecule is Cc1ccc(CS(=O)(=O)NC2CCC(C(=O)O)CC2)cc1. The zero-order valence-electron chi connectivity index (χ0n) is 12.1. The molecule has 1 fully saturated rings. The lowest BCUT2D eigenvalue weighted by molar-refractivity contribution is -0.142. The van der Waals surface area contributed by atoms with Gasteiger partial charge < -0.3 is 5.11 Å². The fourth-order valence-corrected chi connectivity index (χ4v) is 4.12. The molecule has 2 rings (SSSR count). The number of hydrogen-bond donors (Lipinski definition) is 2. The maximum atomic E-state index is 12.1. The Labute approximate surface area is 125 Å². The molecule has 1 saturated carbocycles. The molecule has 0 atom stereocenters. The molecular weight excluding hydrogens is 290 g/mol. The van der Waals surface area contributed by atoms with Gasteiger partial charge in [-0.3, -0.25) is 4.79 Å². The van der Waals surface area contributed by atoms with Crippen LogP contribution in [-0.2, 0) is 20.6 Å². The number of carbonyl (C=O) groups is 1. The highest BCUT2D eigenvalue weighted by Crippen LogP contribution is 2.25. The van der Waals surface area contributed by atoms with Crippen molar-refractivity contribution >= 4 is 16.0 Å². The summed E-state index contributed by atoms with van der Waals surface area (Å²) >= 11 is 0. The summed E-state index contributed by atoms with van der Waals surface area (Å²) in [7, 11) is -3.38. The lowest BCUT2D eigenvalue weighted by atomic mass is 9.87. The first kappa shape index (κ1) is 16.0. The van der Waals surface area contributed by atoms with Gasteiger partial charge in [-0.05, 0) is 38.2 Å². The summed E-state index contributed by atoms with van der Waals surface area (Å²) in [6, 6.07) is 7.27. The van der Waals surface area contributed by atoms with Crippen molar-refractivity contribution < 1.29 is 18.3 Å². The minimum absolute atomic E-state index is 0.0356. The average Bonchev–Trinajstić information content (AvgIpc) is 2.41. The van der Waals surface area contributed by atoms with Crippen LogP contribution in [0.25, 0.3) is 0 Å². The van der Waals surface area contributed by atoms with Crippen LogP contribution in [-0.4, -0.2) is 25.5 Å². The first-order valence-corrected chi connectivity index (χ1v) is 8.79. The summed E-state index contributed by atoms with van der Waals surface area (Å²) in [5.74, 6) is -1.15. The van der Waals surface area contributed by atoms with Crippen molar-refractivity contribution in [3.8, 4) is 0 Å². The topological polar surface area (TPSA) is 83.5 Å². The highest BCUT2D eigenvalue weighted by atomic mass is 32.2. The molecule has 0 amide bonds. The molecular formula is C15H21NO4S. The maximum absolute atomic E-state index is 12.1. The predicted octanol–water partition coefficient (Wildman–Crippen LogP) is 2.06. The standard InChI is InChI=1S/C15H21NO4S/c1-11-2-4-12(5-3-11)10-21(19,20)16-14-8-6-13(7-9-14)15(17)18/h2-5,13-14,16H,6-10H2,1H3,(H,17,18). The molecule has 2 N–H and O–H groups in total. The van der Waals surface area contributed by atoms with Gasteiger partial charge in [-0.15, -0.1) is 0 Å². The zero-order chi connectivity index (χ0) is 15.5. The van der Waals surface area contributed by atoms with E-state index in [-0.39, 0.29) is 17.7 Å². The second-order valence-corrected chi connectivity index (χ2v) is 7.50. The van der Waals surface area contributed by atoms with Crippen LogP contribution in [0.15, 0.2) is 24.3 Å². The zero-order valence-corrected chi connectivity index (χ0v) is 12.9. The van der Waals surface area contributed by atoms with Gasteiger partial charge in [0.2, 0.25) is 10.0 Å². The van der Waals surface area contributed by atoms with E-state index in [1.807, 2.05) is 31.2 Å². The van der Waals surface area contributed by atoms with E-state index < -0.39 is 16.0 Å². The van der Waals surface area contributed by atoms with Crippen molar-refractivity contribution in [2.75, 3.05) is 0 Å². The van der Waals surface area contributed by atoms with Crippen LogP contribution in [0.5, 0.6) is 0 Å². The van der Waals surface area contributed by atoms with Crippen LogP contribution in [0.4, 0.5) is 0 Å². The highest BCUT2D eigenvalue weighted by molar-refractivity contribution is 7.88. The van der Waals surface area contributed by atoms with Gasteiger partial charge in [0, 0.05) is 6.04 Å². The first-order valence-electron chi connectivity index (χ1n) is 7.14. The molecule has 6 heteroatoms. The highest BCUT2D eigenvalue weighted by Gasteiger charge is 2.28. The Bertz CT molecular complexity index is 587. The molecule has 0 spiro atoms. The van der Waals surface area contributed by atoms with Crippen molar-refractivity contribution in [3.63, 3.8) is 0 Å². The second-order valence-electron chi connectivity index (χ2n) is 5.75. The van der Waals surface area contributed by atoms with Gasteiger partial charge >= 0.3 is 5.97 Å². The third kappa shape index (κ3) is 4.82. The van der Waals surface area contributed by atoms with Crippen molar-refractivity contribution in [1.82, 2.24) is 4.72 Å². The molecule has 1 aromatic carbocycles. The van der Waals surface area contributed by atoms with Gasteiger partial charge in [-0.2, -0.15) is 0 Å². The Hall–Kier alpha value is -1.40. The van der Waals surface area contributed by atoms with Crippen molar-refractivity contribution in [2.45, 2.75) is 44.4 Å². The van der Waals surface area contributed by atoms with E-state index in [0.29, 0.717) is 25.7 Å². The summed E-state index contributed by atoms with van der Waals surface area (Å²) in [4.78, 5) is 10.9. The van der Waals surface area contributed by atoms with E-state index in [0.717, 1.165) is 11.1 Å². The molecule has 1 aliphatic carbocycles. The Morgan fingerprint density at radius 3 is 2.29 bits per heavy atom. The molecule has 0 radical (unpaired) electrons. The minimum atomic E-state index is -3.38. The molecule has 1 aliphatic rings. The van der Waals surface area contributed by atoms with Crippen LogP contribution < -0.4 is 4.72 Å². The molecule has 0 aromatic heterocycles. The average molecular weight is 311 g/mol. The third-order valence-electron chi connectivity index (χ3n) is 3.90. The van der Waals surface area contributed by atoms with E-state index in [1.165, 1.54) is 0 Å². The summed E-state index contributed by atoms with van der Waals surface area (Å²) < 4.78 is 27.0. The molecule has 0 bridgehead atoms. The predicted molar refractivity (Wildman–Crippen MR) is 80.3 cm³/mol. The quantitative estimate of drug-likeness (QED) is 0.872. The van der Waals surface area contributed by atoms with Crippen LogP contribution >= 0.6 is 0 Å². The normalized spacial score (nSPS) is 22.9. The van der Waals surface area contributed by atoms with Crippen LogP contribution in [0.1, 0.15) is 36.8 Å². The van der Waals surface area contributed by atoms with Gasteiger partial charge in [0.25, 0.3) is 0 Å². The third-order valence-corrected chi connectivity index (χ3v) is 5.31. The first-order chi connectivity index (χ1) is 9.85. The molecule has 0 heterocycles. The minimum Gasteiger partial charge on any atom is -0.481 e. The number of hydrogen-bond acceptors (Lipinski definition) is 3. The number of rotatable bonds is 5. The van der Waals surface area contributed by atoms with Crippen molar-refractivity contribution in [2.24, 2.45) is 5.92 Å². The molecule has 0 unspecified atom stereocenters. The number of sulfonamides is 1.